The molecule has 0 aliphatic carbocycles. The number of nitrogens with one attached hydrogen (secondary N) is 1. The molecule has 3 aliphatic heterocycles. The van der Waals surface area contributed by atoms with E-state index in [4.69, 9.17) is 10.7 Å². The fraction of sp³-hybridized carbons (Fsp3) is 0.520. The molecule has 11 heteroatoms. The molecule has 0 saturated carbocycles. The molecule has 1 aromatic carbocycles. The molecule has 0 radical (unpaired) electrons. The number of rotatable bonds is 6. The zero-order valence-electron chi connectivity index (χ0n) is 20.6. The molecule has 11 nitrogen and oxygen atoms in total. The Hall–Kier alpha value is -3.60. The van der Waals surface area contributed by atoms with Gasteiger partial charge in [0.15, 0.2) is 11.5 Å². The topological polar surface area (TPSA) is 131 Å². The molecule has 4 N–H and O–H groups in total. The van der Waals surface area contributed by atoms with Crippen LogP contribution in [-0.4, -0.2) is 95.3 Å². The summed E-state index contributed by atoms with van der Waals surface area (Å²) in [5.74, 6) is 0.311. The van der Waals surface area contributed by atoms with Crippen molar-refractivity contribution in [2.45, 2.75) is 37.8 Å². The number of nitrogens with zero attached hydrogens (tertiary/aromatic N) is 6. The van der Waals surface area contributed by atoms with Crippen LogP contribution in [0.5, 0.6) is 0 Å². The molecule has 0 bridgehead atoms. The maximum absolute atomic E-state index is 12.5. The average Bonchev–Trinajstić information content (AvgIpc) is 3.23. The third-order valence-electron chi connectivity index (χ3n) is 7.36. The van der Waals surface area contributed by atoms with Crippen LogP contribution < -0.4 is 20.9 Å². The van der Waals surface area contributed by atoms with Crippen LogP contribution in [0.2, 0.25) is 0 Å². The molecule has 0 unspecified atom stereocenters. The van der Waals surface area contributed by atoms with Gasteiger partial charge < -0.3 is 35.8 Å². The van der Waals surface area contributed by atoms with Crippen molar-refractivity contribution < 1.29 is 14.7 Å². The Morgan fingerprint density at radius 3 is 2.47 bits per heavy atom. The van der Waals surface area contributed by atoms with Gasteiger partial charge in [0.2, 0.25) is 0 Å². The first-order valence-corrected chi connectivity index (χ1v) is 12.6. The highest BCUT2D eigenvalue weighted by atomic mass is 16.3. The van der Waals surface area contributed by atoms with Crippen molar-refractivity contribution in [1.82, 2.24) is 19.8 Å². The van der Waals surface area contributed by atoms with Crippen molar-refractivity contribution in [3.05, 3.63) is 36.2 Å². The van der Waals surface area contributed by atoms with Gasteiger partial charge in [0.1, 0.15) is 5.82 Å². The lowest BCUT2D eigenvalue weighted by atomic mass is 10.0. The first-order chi connectivity index (χ1) is 17.4. The van der Waals surface area contributed by atoms with E-state index in [0.29, 0.717) is 18.2 Å². The molecular weight excluding hydrogens is 460 g/mol. The van der Waals surface area contributed by atoms with Crippen molar-refractivity contribution in [2.24, 2.45) is 5.73 Å². The minimum absolute atomic E-state index is 0.0727. The zero-order valence-corrected chi connectivity index (χ0v) is 20.6. The summed E-state index contributed by atoms with van der Waals surface area (Å²) in [5, 5.41) is 13.0. The number of aliphatic hydroxyl groups is 1. The number of hydrogen-bond acceptors (Lipinski definition) is 8. The predicted octanol–water partition coefficient (Wildman–Crippen LogP) is 1.62. The molecular formula is C25H34N8O3. The van der Waals surface area contributed by atoms with Crippen molar-refractivity contribution in [2.75, 3.05) is 61.4 Å². The van der Waals surface area contributed by atoms with Crippen molar-refractivity contribution in [1.29, 1.82) is 0 Å². The highest BCUT2D eigenvalue weighted by Crippen LogP contribution is 2.27. The van der Waals surface area contributed by atoms with Crippen molar-refractivity contribution in [3.8, 4) is 0 Å². The van der Waals surface area contributed by atoms with Gasteiger partial charge in [-0.2, -0.15) is 0 Å². The van der Waals surface area contributed by atoms with Gasteiger partial charge in [0, 0.05) is 57.7 Å². The van der Waals surface area contributed by atoms with Crippen LogP contribution in [0.25, 0.3) is 0 Å². The van der Waals surface area contributed by atoms with Gasteiger partial charge in [-0.25, -0.2) is 14.8 Å². The maximum atomic E-state index is 12.5. The molecule has 36 heavy (non-hydrogen) atoms. The van der Waals surface area contributed by atoms with Crippen molar-refractivity contribution in [3.63, 3.8) is 0 Å². The summed E-state index contributed by atoms with van der Waals surface area (Å²) < 4.78 is 0. The molecule has 3 amide bonds. The first-order valence-electron chi connectivity index (χ1n) is 12.6. The van der Waals surface area contributed by atoms with Crippen LogP contribution in [0.4, 0.5) is 27.8 Å². The number of primary amides is 1. The van der Waals surface area contributed by atoms with Crippen LogP contribution in [0.15, 0.2) is 30.5 Å². The number of amides is 3. The van der Waals surface area contributed by atoms with E-state index in [1.54, 1.807) is 11.1 Å². The number of anilines is 4. The van der Waals surface area contributed by atoms with Gasteiger partial charge in [-0.3, -0.25) is 4.79 Å². The van der Waals surface area contributed by atoms with E-state index in [-0.39, 0.29) is 23.9 Å². The minimum atomic E-state index is -0.651. The number of likely N-dealkylation sites (N-methyl/N-ethyl adjacent to an activating group) is 1. The number of aliphatic hydroxyl groups excluding tert-OH is 1. The Balaban J connectivity index is 1.32. The molecule has 1 atom stereocenters. The van der Waals surface area contributed by atoms with E-state index in [1.807, 2.05) is 36.2 Å². The SMILES string of the molecule is CN1CCN([C@@H]2CCCN(c3cnc(C(N)=O)c(Nc4ccc(N5CCC(O)CC5)cc4)n3)C2)C1=O. The standard InChI is InChI=1S/C25H34N8O3/c1-30-13-14-33(25(30)36)19-3-2-10-32(16-19)21-15-27-22(23(26)35)24(29-21)28-17-4-6-18(7-5-17)31-11-8-20(34)9-12-31/h4-7,15,19-20,34H,2-3,8-14,16H2,1H3,(H2,26,35)(H,28,29)/t19-/m1/s1. The van der Waals surface area contributed by atoms with E-state index < -0.39 is 5.91 Å². The average molecular weight is 495 g/mol. The quantitative estimate of drug-likeness (QED) is 0.552. The second-order valence-electron chi connectivity index (χ2n) is 9.82. The van der Waals surface area contributed by atoms with Crippen molar-refractivity contribution >= 4 is 34.9 Å². The predicted molar refractivity (Wildman–Crippen MR) is 138 cm³/mol. The van der Waals surface area contributed by atoms with Crippen LogP contribution in [0, 0.1) is 0 Å². The highest BCUT2D eigenvalue weighted by molar-refractivity contribution is 5.96. The molecule has 0 spiro atoms. The van der Waals surface area contributed by atoms with E-state index in [9.17, 15) is 14.7 Å². The number of hydrogen-bond donors (Lipinski definition) is 3. The number of urea groups is 1. The van der Waals surface area contributed by atoms with Gasteiger partial charge >= 0.3 is 6.03 Å². The van der Waals surface area contributed by atoms with Gasteiger partial charge in [-0.05, 0) is 49.9 Å². The molecule has 1 aromatic heterocycles. The second-order valence-corrected chi connectivity index (χ2v) is 9.82. The summed E-state index contributed by atoms with van der Waals surface area (Å²) in [6, 6.07) is 8.09. The minimum Gasteiger partial charge on any atom is -0.393 e. The largest absolute Gasteiger partial charge is 0.393 e. The van der Waals surface area contributed by atoms with E-state index in [1.165, 1.54) is 0 Å². The Labute approximate surface area is 210 Å². The number of aromatic nitrogens is 2. The molecule has 5 rings (SSSR count). The summed E-state index contributed by atoms with van der Waals surface area (Å²) in [6.07, 6.45) is 4.80. The molecule has 3 saturated heterocycles. The first kappa shape index (κ1) is 24.1. The van der Waals surface area contributed by atoms with E-state index in [0.717, 1.165) is 69.8 Å². The van der Waals surface area contributed by atoms with E-state index >= 15 is 0 Å². The molecule has 4 heterocycles. The molecule has 3 aliphatic rings. The number of nitrogens with two attached hydrogens (primary N) is 1. The fourth-order valence-corrected chi connectivity index (χ4v) is 5.24. The number of benzene rings is 1. The Morgan fingerprint density at radius 2 is 1.81 bits per heavy atom. The van der Waals surface area contributed by atoms with Crippen LogP contribution in [0.3, 0.4) is 0 Å². The maximum Gasteiger partial charge on any atom is 0.320 e. The Bertz CT molecular complexity index is 1100. The normalized spacial score (nSPS) is 21.3. The third kappa shape index (κ3) is 5.01. The monoisotopic (exact) mass is 494 g/mol. The van der Waals surface area contributed by atoms with Gasteiger partial charge in [0.25, 0.3) is 5.91 Å². The second kappa shape index (κ2) is 10.2. The Morgan fingerprint density at radius 1 is 1.06 bits per heavy atom. The summed E-state index contributed by atoms with van der Waals surface area (Å²) in [5.41, 5.74) is 7.53. The number of carbonyl (C=O) groups is 2. The van der Waals surface area contributed by atoms with Gasteiger partial charge in [0.05, 0.1) is 18.3 Å². The summed E-state index contributed by atoms with van der Waals surface area (Å²) in [4.78, 5) is 41.7. The molecule has 2 aromatic rings. The Kier molecular flexibility index (Phi) is 6.82. The van der Waals surface area contributed by atoms with Crippen LogP contribution in [0.1, 0.15) is 36.2 Å². The van der Waals surface area contributed by atoms with Gasteiger partial charge in [-0.15, -0.1) is 0 Å². The molecule has 192 valence electrons. The van der Waals surface area contributed by atoms with Gasteiger partial charge in [-0.1, -0.05) is 0 Å². The lowest BCUT2D eigenvalue weighted by Crippen LogP contribution is -2.49. The fourth-order valence-electron chi connectivity index (χ4n) is 5.24. The lowest BCUT2D eigenvalue weighted by Gasteiger charge is -2.37. The third-order valence-corrected chi connectivity index (χ3v) is 7.36. The van der Waals surface area contributed by atoms with Crippen LogP contribution >= 0.6 is 0 Å². The summed E-state index contributed by atoms with van der Waals surface area (Å²) in [6.45, 7) is 4.60. The number of carbonyl (C=O) groups excluding carboxylic acids is 2. The summed E-state index contributed by atoms with van der Waals surface area (Å²) >= 11 is 0. The lowest BCUT2D eigenvalue weighted by molar-refractivity contribution is 0.0996. The number of piperidine rings is 2. The van der Waals surface area contributed by atoms with E-state index in [2.05, 4.69) is 20.1 Å². The highest BCUT2D eigenvalue weighted by Gasteiger charge is 2.34. The van der Waals surface area contributed by atoms with Crippen LogP contribution in [-0.2, 0) is 0 Å². The molecule has 3 fully saturated rings. The smallest absolute Gasteiger partial charge is 0.320 e. The summed E-state index contributed by atoms with van der Waals surface area (Å²) in [7, 11) is 1.83. The zero-order chi connectivity index (χ0) is 25.2.